The van der Waals surface area contributed by atoms with Gasteiger partial charge in [0.05, 0.1) is 23.1 Å². The molecule has 2 aromatic rings. The van der Waals surface area contributed by atoms with Crippen LogP contribution in [0, 0.1) is 0 Å². The van der Waals surface area contributed by atoms with Gasteiger partial charge in [0.1, 0.15) is 5.00 Å². The molecular weight excluding hydrogens is 406 g/mol. The Morgan fingerprint density at radius 3 is 2.59 bits per heavy atom. The van der Waals surface area contributed by atoms with Crippen LogP contribution in [0.1, 0.15) is 22.2 Å². The molecule has 0 atom stereocenters. The van der Waals surface area contributed by atoms with Crippen LogP contribution in [0.15, 0.2) is 23.6 Å². The number of piperazine rings is 1. The van der Waals surface area contributed by atoms with E-state index in [0.29, 0.717) is 23.7 Å². The van der Waals surface area contributed by atoms with Crippen molar-refractivity contribution in [1.29, 1.82) is 0 Å². The summed E-state index contributed by atoms with van der Waals surface area (Å²) < 4.78 is 5.83. The van der Waals surface area contributed by atoms with Gasteiger partial charge in [-0.15, -0.1) is 22.7 Å². The Kier molecular flexibility index (Phi) is 7.26. The lowest BCUT2D eigenvalue weighted by molar-refractivity contribution is -0.117. The number of ether oxygens (including phenoxy) is 1. The Labute approximate surface area is 171 Å². The largest absolute Gasteiger partial charge is 0.462 e. The fourth-order valence-corrected chi connectivity index (χ4v) is 4.83. The second-order valence-electron chi connectivity index (χ2n) is 6.19. The highest BCUT2D eigenvalue weighted by molar-refractivity contribution is 7.16. The molecule has 0 spiro atoms. The van der Waals surface area contributed by atoms with Gasteiger partial charge in [0, 0.05) is 37.6 Å². The van der Waals surface area contributed by atoms with Gasteiger partial charge in [-0.1, -0.05) is 11.6 Å². The molecule has 0 saturated carbocycles. The number of hydrogen-bond acceptors (Lipinski definition) is 7. The van der Waals surface area contributed by atoms with Crippen molar-refractivity contribution in [2.75, 3.05) is 44.6 Å². The zero-order chi connectivity index (χ0) is 19.2. The Morgan fingerprint density at radius 2 is 1.93 bits per heavy atom. The van der Waals surface area contributed by atoms with Crippen molar-refractivity contribution in [2.45, 2.75) is 13.5 Å². The van der Waals surface area contributed by atoms with Gasteiger partial charge in [-0.05, 0) is 30.5 Å². The first-order valence-corrected chi connectivity index (χ1v) is 10.9. The van der Waals surface area contributed by atoms with Crippen molar-refractivity contribution < 1.29 is 14.3 Å². The van der Waals surface area contributed by atoms with E-state index < -0.39 is 5.97 Å². The SMILES string of the molecule is CCOC(=O)c1ccsc1NC(=O)CN1CCN(Cc2ccc(Cl)s2)CC1. The lowest BCUT2D eigenvalue weighted by Crippen LogP contribution is -2.48. The first-order valence-electron chi connectivity index (χ1n) is 8.78. The van der Waals surface area contributed by atoms with Crippen LogP contribution in [0.5, 0.6) is 0 Å². The zero-order valence-electron chi connectivity index (χ0n) is 15.1. The van der Waals surface area contributed by atoms with Crippen molar-refractivity contribution >= 4 is 51.2 Å². The molecule has 1 amide bonds. The highest BCUT2D eigenvalue weighted by atomic mass is 35.5. The normalized spacial score (nSPS) is 15.6. The number of halogens is 1. The lowest BCUT2D eigenvalue weighted by atomic mass is 10.3. The van der Waals surface area contributed by atoms with Crippen LogP contribution in [-0.2, 0) is 16.1 Å². The molecule has 1 saturated heterocycles. The van der Waals surface area contributed by atoms with E-state index in [4.69, 9.17) is 16.3 Å². The summed E-state index contributed by atoms with van der Waals surface area (Å²) in [5.41, 5.74) is 0.412. The predicted molar refractivity (Wildman–Crippen MR) is 110 cm³/mol. The van der Waals surface area contributed by atoms with Crippen LogP contribution in [0.4, 0.5) is 5.00 Å². The molecule has 0 aliphatic carbocycles. The summed E-state index contributed by atoms with van der Waals surface area (Å²) in [6.07, 6.45) is 0. The first kappa shape index (κ1) is 20.3. The Balaban J connectivity index is 1.44. The number of hydrogen-bond donors (Lipinski definition) is 1. The third-order valence-corrected chi connectivity index (χ3v) is 6.30. The molecule has 3 rings (SSSR count). The van der Waals surface area contributed by atoms with Gasteiger partial charge in [-0.25, -0.2) is 4.79 Å². The van der Waals surface area contributed by atoms with E-state index in [0.717, 1.165) is 37.1 Å². The number of esters is 1. The number of rotatable bonds is 7. The fourth-order valence-electron chi connectivity index (χ4n) is 2.91. The molecule has 1 fully saturated rings. The number of carbonyl (C=O) groups is 2. The molecule has 1 aliphatic heterocycles. The second kappa shape index (κ2) is 9.66. The van der Waals surface area contributed by atoms with E-state index in [1.165, 1.54) is 16.2 Å². The van der Waals surface area contributed by atoms with Crippen LogP contribution in [-0.4, -0.2) is 61.0 Å². The predicted octanol–water partition coefficient (Wildman–Crippen LogP) is 3.40. The molecule has 3 heterocycles. The Morgan fingerprint density at radius 1 is 1.19 bits per heavy atom. The van der Waals surface area contributed by atoms with E-state index in [2.05, 4.69) is 21.2 Å². The standard InChI is InChI=1S/C18H22ClN3O3S2/c1-2-25-18(24)14-5-10-26-17(14)20-16(23)12-22-8-6-21(7-9-22)11-13-3-4-15(19)27-13/h3-5,10H,2,6-9,11-12H2,1H3,(H,20,23). The number of anilines is 1. The maximum Gasteiger partial charge on any atom is 0.341 e. The van der Waals surface area contributed by atoms with Crippen molar-refractivity contribution in [1.82, 2.24) is 9.80 Å². The minimum absolute atomic E-state index is 0.110. The molecule has 6 nitrogen and oxygen atoms in total. The summed E-state index contributed by atoms with van der Waals surface area (Å²) >= 11 is 8.92. The van der Waals surface area contributed by atoms with Gasteiger partial charge in [-0.2, -0.15) is 0 Å². The zero-order valence-corrected chi connectivity index (χ0v) is 17.5. The molecule has 1 aliphatic rings. The number of nitrogens with zero attached hydrogens (tertiary/aromatic N) is 2. The van der Waals surface area contributed by atoms with E-state index in [-0.39, 0.29) is 5.91 Å². The second-order valence-corrected chi connectivity index (χ2v) is 8.91. The number of amides is 1. The highest BCUT2D eigenvalue weighted by Crippen LogP contribution is 2.25. The summed E-state index contributed by atoms with van der Waals surface area (Å²) in [7, 11) is 0. The number of carbonyl (C=O) groups excluding carboxylic acids is 2. The van der Waals surface area contributed by atoms with Crippen molar-refractivity contribution in [3.8, 4) is 0 Å². The van der Waals surface area contributed by atoms with Crippen LogP contribution in [0.25, 0.3) is 0 Å². The molecular formula is C18H22ClN3O3S2. The van der Waals surface area contributed by atoms with Crippen molar-refractivity contribution in [3.63, 3.8) is 0 Å². The van der Waals surface area contributed by atoms with Gasteiger partial charge < -0.3 is 10.1 Å². The van der Waals surface area contributed by atoms with Crippen molar-refractivity contribution in [2.24, 2.45) is 0 Å². The summed E-state index contributed by atoms with van der Waals surface area (Å²) in [6.45, 7) is 6.78. The van der Waals surface area contributed by atoms with Crippen molar-refractivity contribution in [3.05, 3.63) is 38.4 Å². The van der Waals surface area contributed by atoms with Gasteiger partial charge in [0.2, 0.25) is 5.91 Å². The summed E-state index contributed by atoms with van der Waals surface area (Å²) in [5, 5.41) is 5.16. The third-order valence-electron chi connectivity index (χ3n) is 4.25. The summed E-state index contributed by atoms with van der Waals surface area (Å²) in [5.74, 6) is -0.516. The van der Waals surface area contributed by atoms with Gasteiger partial charge in [0.15, 0.2) is 0 Å². The quantitative estimate of drug-likeness (QED) is 0.686. The average Bonchev–Trinajstić information content (AvgIpc) is 3.26. The minimum atomic E-state index is -0.406. The minimum Gasteiger partial charge on any atom is -0.462 e. The average molecular weight is 428 g/mol. The molecule has 0 aromatic carbocycles. The van der Waals surface area contributed by atoms with E-state index in [1.54, 1.807) is 29.7 Å². The first-order chi connectivity index (χ1) is 13.0. The van der Waals surface area contributed by atoms with E-state index >= 15 is 0 Å². The molecule has 1 N–H and O–H groups in total. The van der Waals surface area contributed by atoms with Crippen LogP contribution < -0.4 is 5.32 Å². The smallest absolute Gasteiger partial charge is 0.341 e. The number of nitrogens with one attached hydrogen (secondary N) is 1. The Hall–Kier alpha value is -1.45. The molecule has 0 radical (unpaired) electrons. The number of thiophene rings is 2. The van der Waals surface area contributed by atoms with Crippen LogP contribution >= 0.6 is 34.3 Å². The molecule has 27 heavy (non-hydrogen) atoms. The van der Waals surface area contributed by atoms with E-state index in [1.807, 2.05) is 6.07 Å². The third kappa shape index (κ3) is 5.76. The summed E-state index contributed by atoms with van der Waals surface area (Å²) in [4.78, 5) is 30.0. The monoisotopic (exact) mass is 427 g/mol. The van der Waals surface area contributed by atoms with E-state index in [9.17, 15) is 9.59 Å². The van der Waals surface area contributed by atoms with Gasteiger partial charge >= 0.3 is 5.97 Å². The van der Waals surface area contributed by atoms with Crippen LogP contribution in [0.2, 0.25) is 4.34 Å². The highest BCUT2D eigenvalue weighted by Gasteiger charge is 2.21. The topological polar surface area (TPSA) is 61.9 Å². The molecule has 0 bridgehead atoms. The molecule has 146 valence electrons. The molecule has 0 unspecified atom stereocenters. The molecule has 2 aromatic heterocycles. The summed E-state index contributed by atoms with van der Waals surface area (Å²) in [6, 6.07) is 5.67. The fraction of sp³-hybridized carbons (Fsp3) is 0.444. The van der Waals surface area contributed by atoms with Crippen LogP contribution in [0.3, 0.4) is 0 Å². The maximum atomic E-state index is 12.4. The molecule has 9 heteroatoms. The maximum absolute atomic E-state index is 12.4. The van der Waals surface area contributed by atoms with Gasteiger partial charge in [-0.3, -0.25) is 14.6 Å². The van der Waals surface area contributed by atoms with Gasteiger partial charge in [0.25, 0.3) is 0 Å². The lowest BCUT2D eigenvalue weighted by Gasteiger charge is -2.33. The Bertz CT molecular complexity index is 784.